The van der Waals surface area contributed by atoms with Crippen LogP contribution in [0, 0.1) is 0 Å². The maximum absolute atomic E-state index is 12.4. The van der Waals surface area contributed by atoms with Crippen molar-refractivity contribution in [1.29, 1.82) is 0 Å². The van der Waals surface area contributed by atoms with Crippen LogP contribution in [0.2, 0.25) is 5.02 Å². The molecule has 2 amide bonds. The van der Waals surface area contributed by atoms with Gasteiger partial charge in [-0.05, 0) is 33.6 Å². The molecule has 1 heterocycles. The molecule has 6 nitrogen and oxygen atoms in total. The molecule has 2 aromatic carbocycles. The summed E-state index contributed by atoms with van der Waals surface area (Å²) in [6, 6.07) is 16.4. The van der Waals surface area contributed by atoms with Crippen LogP contribution in [0.1, 0.15) is 26.4 Å². The summed E-state index contributed by atoms with van der Waals surface area (Å²) >= 11 is 10.6. The topological polar surface area (TPSA) is 84.0 Å². The normalized spacial score (nSPS) is 10.4. The Morgan fingerprint density at radius 1 is 1.00 bits per heavy atom. The molecule has 28 heavy (non-hydrogen) atoms. The minimum absolute atomic E-state index is 0.116. The molecule has 0 saturated heterocycles. The highest BCUT2D eigenvalue weighted by Crippen LogP contribution is 2.22. The van der Waals surface area contributed by atoms with E-state index in [9.17, 15) is 9.59 Å². The zero-order valence-electron chi connectivity index (χ0n) is 14.4. The molecule has 0 unspecified atom stereocenters. The number of hydrazine groups is 1. The zero-order chi connectivity index (χ0) is 19.9. The zero-order valence-corrected chi connectivity index (χ0v) is 17.5. The van der Waals surface area contributed by atoms with Crippen LogP contribution in [0.4, 0.5) is 0 Å². The Hall–Kier alpha value is -2.42. The number of rotatable bonds is 5. The molecular weight excluding hydrogens is 464 g/mol. The number of nitrogens with one attached hydrogen (secondary N) is 2. The first-order valence-electron chi connectivity index (χ1n) is 8.09. The molecular formula is C19H14BrClN4O2S. The third kappa shape index (κ3) is 5.31. The minimum atomic E-state index is -0.573. The molecule has 0 atom stereocenters. The second-order valence-corrected chi connectivity index (χ2v) is 7.72. The fourth-order valence-electron chi connectivity index (χ4n) is 2.19. The summed E-state index contributed by atoms with van der Waals surface area (Å²) in [7, 11) is 0. The SMILES string of the molecule is O=C(NNC(=O)c1nc(SCc2ccccc2)ncc1Br)c1ccccc1Cl. The highest BCUT2D eigenvalue weighted by Gasteiger charge is 2.16. The van der Waals surface area contributed by atoms with Crippen molar-refractivity contribution >= 4 is 51.1 Å². The van der Waals surface area contributed by atoms with Crippen LogP contribution in [-0.4, -0.2) is 21.8 Å². The fourth-order valence-corrected chi connectivity index (χ4v) is 3.55. The van der Waals surface area contributed by atoms with Crippen molar-refractivity contribution in [3.63, 3.8) is 0 Å². The monoisotopic (exact) mass is 476 g/mol. The predicted octanol–water partition coefficient (Wildman–Crippen LogP) is 4.26. The van der Waals surface area contributed by atoms with Crippen LogP contribution in [0.25, 0.3) is 0 Å². The van der Waals surface area contributed by atoms with E-state index in [-0.39, 0.29) is 16.3 Å². The van der Waals surface area contributed by atoms with Crippen LogP contribution < -0.4 is 10.9 Å². The minimum Gasteiger partial charge on any atom is -0.267 e. The summed E-state index contributed by atoms with van der Waals surface area (Å²) in [5.74, 6) is -0.425. The largest absolute Gasteiger partial charge is 0.289 e. The Balaban J connectivity index is 1.64. The lowest BCUT2D eigenvalue weighted by molar-refractivity contribution is 0.0843. The molecule has 2 N–H and O–H groups in total. The van der Waals surface area contributed by atoms with Crippen LogP contribution in [0.5, 0.6) is 0 Å². The Bertz CT molecular complexity index is 1000. The maximum Gasteiger partial charge on any atom is 0.289 e. The van der Waals surface area contributed by atoms with Gasteiger partial charge in [-0.15, -0.1) is 0 Å². The number of carbonyl (C=O) groups excluding carboxylic acids is 2. The van der Waals surface area contributed by atoms with Gasteiger partial charge in [-0.3, -0.25) is 20.4 Å². The van der Waals surface area contributed by atoms with Gasteiger partial charge in [-0.25, -0.2) is 9.97 Å². The summed E-state index contributed by atoms with van der Waals surface area (Å²) in [5, 5.41) is 0.742. The number of halogens is 2. The molecule has 0 radical (unpaired) electrons. The molecule has 0 bridgehead atoms. The van der Waals surface area contributed by atoms with E-state index >= 15 is 0 Å². The van der Waals surface area contributed by atoms with Crippen LogP contribution in [-0.2, 0) is 5.75 Å². The molecule has 0 fully saturated rings. The van der Waals surface area contributed by atoms with Crippen molar-refractivity contribution in [3.05, 3.63) is 87.1 Å². The van der Waals surface area contributed by atoms with Gasteiger partial charge in [0.05, 0.1) is 15.1 Å². The summed E-state index contributed by atoms with van der Waals surface area (Å²) in [6.45, 7) is 0. The molecule has 142 valence electrons. The maximum atomic E-state index is 12.4. The summed E-state index contributed by atoms with van der Waals surface area (Å²) in [4.78, 5) is 33.1. The average molecular weight is 478 g/mol. The fraction of sp³-hybridized carbons (Fsp3) is 0.0526. The highest BCUT2D eigenvalue weighted by atomic mass is 79.9. The standard InChI is InChI=1S/C19H14BrClN4O2S/c20-14-10-22-19(28-11-12-6-2-1-3-7-12)23-16(14)18(27)25-24-17(26)13-8-4-5-9-15(13)21/h1-10H,11H2,(H,24,26)(H,25,27). The number of thioether (sulfide) groups is 1. The van der Waals surface area contributed by atoms with E-state index in [1.165, 1.54) is 18.0 Å². The van der Waals surface area contributed by atoms with Crippen molar-refractivity contribution in [3.8, 4) is 0 Å². The van der Waals surface area contributed by atoms with Gasteiger partial charge >= 0.3 is 0 Å². The van der Waals surface area contributed by atoms with E-state index in [1.807, 2.05) is 30.3 Å². The molecule has 0 spiro atoms. The Kier molecular flexibility index (Phi) is 7.02. The second kappa shape index (κ2) is 9.68. The number of hydrogen-bond acceptors (Lipinski definition) is 5. The summed E-state index contributed by atoms with van der Waals surface area (Å²) < 4.78 is 0.418. The lowest BCUT2D eigenvalue weighted by atomic mass is 10.2. The Labute approximate surface area is 179 Å². The number of amides is 2. The molecule has 9 heteroatoms. The first-order valence-corrected chi connectivity index (χ1v) is 10.2. The number of carbonyl (C=O) groups is 2. The van der Waals surface area contributed by atoms with E-state index in [2.05, 4.69) is 36.7 Å². The second-order valence-electron chi connectivity index (χ2n) is 5.51. The van der Waals surface area contributed by atoms with Gasteiger partial charge in [0, 0.05) is 11.9 Å². The quantitative estimate of drug-likeness (QED) is 0.326. The van der Waals surface area contributed by atoms with Gasteiger partial charge < -0.3 is 0 Å². The molecule has 3 aromatic rings. The number of nitrogens with zero attached hydrogens (tertiary/aromatic N) is 2. The van der Waals surface area contributed by atoms with E-state index in [0.717, 1.165) is 5.56 Å². The predicted molar refractivity (Wildman–Crippen MR) is 112 cm³/mol. The van der Waals surface area contributed by atoms with E-state index in [4.69, 9.17) is 11.6 Å². The highest BCUT2D eigenvalue weighted by molar-refractivity contribution is 9.10. The molecule has 1 aromatic heterocycles. The molecule has 0 aliphatic rings. The van der Waals surface area contributed by atoms with E-state index in [1.54, 1.807) is 24.3 Å². The van der Waals surface area contributed by atoms with Crippen LogP contribution in [0.15, 0.2) is 70.4 Å². The third-order valence-corrected chi connectivity index (χ3v) is 5.40. The summed E-state index contributed by atoms with van der Waals surface area (Å²) in [5.41, 5.74) is 6.16. The van der Waals surface area contributed by atoms with Crippen LogP contribution >= 0.6 is 39.3 Å². The Morgan fingerprint density at radius 3 is 2.43 bits per heavy atom. The number of hydrogen-bond donors (Lipinski definition) is 2. The van der Waals surface area contributed by atoms with Crippen molar-refractivity contribution < 1.29 is 9.59 Å². The molecule has 0 aliphatic heterocycles. The van der Waals surface area contributed by atoms with Crippen LogP contribution in [0.3, 0.4) is 0 Å². The summed E-state index contributed by atoms with van der Waals surface area (Å²) in [6.07, 6.45) is 1.51. The van der Waals surface area contributed by atoms with Gasteiger partial charge in [-0.1, -0.05) is 65.8 Å². The number of benzene rings is 2. The average Bonchev–Trinajstić information content (AvgIpc) is 2.72. The van der Waals surface area contributed by atoms with Crippen molar-refractivity contribution in [2.75, 3.05) is 0 Å². The Morgan fingerprint density at radius 2 is 1.68 bits per heavy atom. The first kappa shape index (κ1) is 20.3. The smallest absolute Gasteiger partial charge is 0.267 e. The lowest BCUT2D eigenvalue weighted by Crippen LogP contribution is -2.42. The lowest BCUT2D eigenvalue weighted by Gasteiger charge is -2.09. The van der Waals surface area contributed by atoms with Gasteiger partial charge in [0.1, 0.15) is 5.69 Å². The van der Waals surface area contributed by atoms with E-state index in [0.29, 0.717) is 15.4 Å². The van der Waals surface area contributed by atoms with Gasteiger partial charge in [0.2, 0.25) is 0 Å². The van der Waals surface area contributed by atoms with Gasteiger partial charge in [0.25, 0.3) is 11.8 Å². The van der Waals surface area contributed by atoms with E-state index < -0.39 is 11.8 Å². The van der Waals surface area contributed by atoms with Gasteiger partial charge in [0.15, 0.2) is 5.16 Å². The number of aromatic nitrogens is 2. The van der Waals surface area contributed by atoms with Crippen molar-refractivity contribution in [2.45, 2.75) is 10.9 Å². The molecule has 0 aliphatic carbocycles. The first-order chi connectivity index (χ1) is 13.5. The van der Waals surface area contributed by atoms with Crippen molar-refractivity contribution in [1.82, 2.24) is 20.8 Å². The van der Waals surface area contributed by atoms with Gasteiger partial charge in [-0.2, -0.15) is 0 Å². The molecule has 0 saturated carbocycles. The third-order valence-electron chi connectivity index (χ3n) is 3.56. The van der Waals surface area contributed by atoms with Crippen molar-refractivity contribution in [2.24, 2.45) is 0 Å². The molecule has 3 rings (SSSR count).